The molecule has 0 radical (unpaired) electrons. The van der Waals surface area contributed by atoms with Crippen molar-refractivity contribution in [3.8, 4) is 0 Å². The van der Waals surface area contributed by atoms with Gasteiger partial charge in [-0.3, -0.25) is 4.79 Å². The summed E-state index contributed by atoms with van der Waals surface area (Å²) in [7, 11) is 1.44. The van der Waals surface area contributed by atoms with Crippen LogP contribution in [0, 0.1) is 13.8 Å². The van der Waals surface area contributed by atoms with Gasteiger partial charge in [-0.1, -0.05) is 0 Å². The van der Waals surface area contributed by atoms with Crippen LogP contribution >= 0.6 is 0 Å². The van der Waals surface area contributed by atoms with E-state index in [9.17, 15) is 4.79 Å². The van der Waals surface area contributed by atoms with Crippen LogP contribution in [0.25, 0.3) is 0 Å². The molecule has 1 fully saturated rings. The Balaban J connectivity index is 2.20. The molecule has 5 heteroatoms. The topological polar surface area (TPSA) is 55.3 Å². The second-order valence-electron chi connectivity index (χ2n) is 5.04. The molecule has 0 spiro atoms. The summed E-state index contributed by atoms with van der Waals surface area (Å²) < 4.78 is 4.79. The van der Waals surface area contributed by atoms with Crippen molar-refractivity contribution >= 4 is 11.8 Å². The van der Waals surface area contributed by atoms with Crippen molar-refractivity contribution in [2.75, 3.05) is 18.6 Å². The van der Waals surface area contributed by atoms with Crippen molar-refractivity contribution in [2.45, 2.75) is 45.6 Å². The lowest BCUT2D eigenvalue weighted by molar-refractivity contribution is -0.141. The van der Waals surface area contributed by atoms with Gasteiger partial charge in [0.25, 0.3) is 0 Å². The fraction of sp³-hybridized carbons (Fsp3) is 0.643. The van der Waals surface area contributed by atoms with Gasteiger partial charge in [0, 0.05) is 24.3 Å². The normalized spacial score (nSPS) is 19.3. The molecule has 1 aromatic heterocycles. The summed E-state index contributed by atoms with van der Waals surface area (Å²) in [4.78, 5) is 22.5. The summed E-state index contributed by atoms with van der Waals surface area (Å²) in [5.41, 5.74) is 0.963. The van der Waals surface area contributed by atoms with Crippen LogP contribution in [-0.4, -0.2) is 35.6 Å². The van der Waals surface area contributed by atoms with Gasteiger partial charge in [0.05, 0.1) is 13.5 Å². The molecule has 0 saturated carbocycles. The maximum absolute atomic E-state index is 11.5. The summed E-state index contributed by atoms with van der Waals surface area (Å²) >= 11 is 0. The Bertz CT molecular complexity index is 442. The lowest BCUT2D eigenvalue weighted by atomic mass is 9.99. The minimum absolute atomic E-state index is 0.153. The molecule has 1 aliphatic heterocycles. The molecule has 1 saturated heterocycles. The molecule has 0 bridgehead atoms. The number of carbonyl (C=O) groups excluding carboxylic acids is 1. The molecule has 0 aromatic carbocycles. The van der Waals surface area contributed by atoms with Gasteiger partial charge in [-0.2, -0.15) is 0 Å². The molecular weight excluding hydrogens is 242 g/mol. The first-order chi connectivity index (χ1) is 9.10. The smallest absolute Gasteiger partial charge is 0.307 e. The number of hydrogen-bond donors (Lipinski definition) is 0. The lowest BCUT2D eigenvalue weighted by Crippen LogP contribution is -2.41. The average Bonchev–Trinajstić information content (AvgIpc) is 2.38. The van der Waals surface area contributed by atoms with Crippen molar-refractivity contribution in [1.82, 2.24) is 9.97 Å². The van der Waals surface area contributed by atoms with Gasteiger partial charge in [-0.25, -0.2) is 9.97 Å². The van der Waals surface area contributed by atoms with E-state index in [1.807, 2.05) is 19.9 Å². The Morgan fingerprint density at radius 3 is 2.89 bits per heavy atom. The molecule has 0 amide bonds. The SMILES string of the molecule is COC(=O)CC1CCCCN1c1cc(C)nc(C)n1. The van der Waals surface area contributed by atoms with Gasteiger partial charge >= 0.3 is 5.97 Å². The van der Waals surface area contributed by atoms with Gasteiger partial charge < -0.3 is 9.64 Å². The van der Waals surface area contributed by atoms with Crippen LogP contribution in [0.4, 0.5) is 5.82 Å². The number of aryl methyl sites for hydroxylation is 2. The maximum Gasteiger partial charge on any atom is 0.307 e. The van der Waals surface area contributed by atoms with Gasteiger partial charge in [0.2, 0.25) is 0 Å². The van der Waals surface area contributed by atoms with Gasteiger partial charge in [0.15, 0.2) is 0 Å². The largest absolute Gasteiger partial charge is 0.469 e. The number of hydrogen-bond acceptors (Lipinski definition) is 5. The minimum Gasteiger partial charge on any atom is -0.469 e. The summed E-state index contributed by atoms with van der Waals surface area (Å²) in [5, 5.41) is 0. The fourth-order valence-electron chi connectivity index (χ4n) is 2.63. The van der Waals surface area contributed by atoms with E-state index < -0.39 is 0 Å². The van der Waals surface area contributed by atoms with Crippen molar-refractivity contribution in [2.24, 2.45) is 0 Å². The number of esters is 1. The number of piperidine rings is 1. The van der Waals surface area contributed by atoms with E-state index >= 15 is 0 Å². The summed E-state index contributed by atoms with van der Waals surface area (Å²) in [6, 6.07) is 2.18. The predicted molar refractivity (Wildman–Crippen MR) is 73.1 cm³/mol. The lowest BCUT2D eigenvalue weighted by Gasteiger charge is -2.36. The third-order valence-corrected chi connectivity index (χ3v) is 3.50. The van der Waals surface area contributed by atoms with E-state index in [4.69, 9.17) is 4.74 Å². The van der Waals surface area contributed by atoms with Crippen LogP contribution in [-0.2, 0) is 9.53 Å². The molecular formula is C14H21N3O2. The van der Waals surface area contributed by atoms with E-state index in [0.717, 1.165) is 43.1 Å². The van der Waals surface area contributed by atoms with E-state index in [0.29, 0.717) is 6.42 Å². The Morgan fingerprint density at radius 1 is 1.42 bits per heavy atom. The average molecular weight is 263 g/mol. The van der Waals surface area contributed by atoms with Crippen molar-refractivity contribution in [1.29, 1.82) is 0 Å². The number of methoxy groups -OCH3 is 1. The van der Waals surface area contributed by atoms with E-state index in [1.165, 1.54) is 7.11 Å². The number of carbonyl (C=O) groups is 1. The van der Waals surface area contributed by atoms with Gasteiger partial charge in [-0.15, -0.1) is 0 Å². The molecule has 0 N–H and O–H groups in total. The highest BCUT2D eigenvalue weighted by Crippen LogP contribution is 2.25. The number of anilines is 1. The monoisotopic (exact) mass is 263 g/mol. The van der Waals surface area contributed by atoms with E-state index in [1.54, 1.807) is 0 Å². The molecule has 2 heterocycles. The molecule has 1 unspecified atom stereocenters. The standard InChI is InChI=1S/C14H21N3O2/c1-10-8-13(16-11(2)15-10)17-7-5-4-6-12(17)9-14(18)19-3/h8,12H,4-7,9H2,1-3H3. The van der Waals surface area contributed by atoms with Crippen LogP contribution in [0.15, 0.2) is 6.07 Å². The third-order valence-electron chi connectivity index (χ3n) is 3.50. The Labute approximate surface area is 114 Å². The van der Waals surface area contributed by atoms with Crippen molar-refractivity contribution in [3.05, 3.63) is 17.6 Å². The van der Waals surface area contributed by atoms with E-state index in [2.05, 4.69) is 14.9 Å². The first-order valence-electron chi connectivity index (χ1n) is 6.76. The molecule has 1 aromatic rings. The summed E-state index contributed by atoms with van der Waals surface area (Å²) in [6.07, 6.45) is 3.73. The highest BCUT2D eigenvalue weighted by Gasteiger charge is 2.26. The number of nitrogens with zero attached hydrogens (tertiary/aromatic N) is 3. The first kappa shape index (κ1) is 13.8. The molecule has 5 nitrogen and oxygen atoms in total. The van der Waals surface area contributed by atoms with Crippen LogP contribution in [0.3, 0.4) is 0 Å². The van der Waals surface area contributed by atoms with Gasteiger partial charge in [-0.05, 0) is 33.1 Å². The van der Waals surface area contributed by atoms with Crippen LogP contribution in [0.1, 0.15) is 37.2 Å². The zero-order chi connectivity index (χ0) is 13.8. The maximum atomic E-state index is 11.5. The van der Waals surface area contributed by atoms with Crippen molar-refractivity contribution in [3.63, 3.8) is 0 Å². The zero-order valence-corrected chi connectivity index (χ0v) is 11.8. The van der Waals surface area contributed by atoms with E-state index in [-0.39, 0.29) is 12.0 Å². The quantitative estimate of drug-likeness (QED) is 0.781. The second-order valence-corrected chi connectivity index (χ2v) is 5.04. The van der Waals surface area contributed by atoms with Crippen molar-refractivity contribution < 1.29 is 9.53 Å². The molecule has 104 valence electrons. The molecule has 19 heavy (non-hydrogen) atoms. The molecule has 1 atom stereocenters. The Hall–Kier alpha value is -1.65. The Morgan fingerprint density at radius 2 is 2.21 bits per heavy atom. The van der Waals surface area contributed by atoms with Crippen LogP contribution in [0.2, 0.25) is 0 Å². The minimum atomic E-state index is -0.153. The van der Waals surface area contributed by atoms with Crippen LogP contribution < -0.4 is 4.90 Å². The summed E-state index contributed by atoms with van der Waals surface area (Å²) in [5.74, 6) is 1.55. The summed E-state index contributed by atoms with van der Waals surface area (Å²) in [6.45, 7) is 4.81. The fourth-order valence-corrected chi connectivity index (χ4v) is 2.63. The third kappa shape index (κ3) is 3.43. The first-order valence-corrected chi connectivity index (χ1v) is 6.76. The Kier molecular flexibility index (Phi) is 4.35. The number of ether oxygens (including phenoxy) is 1. The molecule has 0 aliphatic carbocycles. The van der Waals surface area contributed by atoms with Crippen LogP contribution in [0.5, 0.6) is 0 Å². The zero-order valence-electron chi connectivity index (χ0n) is 11.8. The molecule has 2 rings (SSSR count). The number of rotatable bonds is 3. The molecule has 1 aliphatic rings. The van der Waals surface area contributed by atoms with Gasteiger partial charge in [0.1, 0.15) is 11.6 Å². The predicted octanol–water partition coefficient (Wildman–Crippen LogP) is 2.02. The number of aromatic nitrogens is 2. The highest BCUT2D eigenvalue weighted by atomic mass is 16.5. The second kappa shape index (κ2) is 5.99. The highest BCUT2D eigenvalue weighted by molar-refractivity contribution is 5.70.